The van der Waals surface area contributed by atoms with Crippen LogP contribution >= 0.6 is 0 Å². The first-order valence-electron chi connectivity index (χ1n) is 16.6. The third-order valence-corrected chi connectivity index (χ3v) is 10.7. The first-order chi connectivity index (χ1) is 23.3. The normalized spacial score (nSPS) is 21.9. The number of benzene rings is 1. The van der Waals surface area contributed by atoms with Crippen molar-refractivity contribution in [2.45, 2.75) is 57.3 Å². The summed E-state index contributed by atoms with van der Waals surface area (Å²) in [6.45, 7) is 4.01. The first-order valence-corrected chi connectivity index (χ1v) is 16.6. The third-order valence-electron chi connectivity index (χ3n) is 10.7. The summed E-state index contributed by atoms with van der Waals surface area (Å²) in [7, 11) is 1.63. The van der Waals surface area contributed by atoms with Gasteiger partial charge in [-0.1, -0.05) is 0 Å². The number of pyridine rings is 2. The van der Waals surface area contributed by atoms with Crippen LogP contribution in [0.3, 0.4) is 0 Å². The number of amides is 1. The number of carbonyl (C=O) groups is 1. The minimum atomic E-state index is -0.376. The summed E-state index contributed by atoms with van der Waals surface area (Å²) in [5, 5.41) is 16.0. The number of aromatic hydroxyl groups is 1. The van der Waals surface area contributed by atoms with Crippen LogP contribution in [0.2, 0.25) is 0 Å². The highest BCUT2D eigenvalue weighted by Gasteiger charge is 2.54. The minimum absolute atomic E-state index is 0.0197. The maximum Gasteiger partial charge on any atom is 0.254 e. The maximum atomic E-state index is 14.1. The molecular formula is C36H37N9O3. The van der Waals surface area contributed by atoms with Crippen LogP contribution in [0.1, 0.15) is 48.5 Å². The van der Waals surface area contributed by atoms with E-state index in [1.807, 2.05) is 35.5 Å². The monoisotopic (exact) mass is 643 g/mol. The van der Waals surface area contributed by atoms with E-state index >= 15 is 0 Å². The molecular weight excluding hydrogens is 606 g/mol. The second-order valence-electron chi connectivity index (χ2n) is 13.8. The number of imidazole rings is 1. The molecule has 48 heavy (non-hydrogen) atoms. The SMILES string of the molecule is COc1cc(C(=O)N2CC3CCC2C3(C)N)cc2nc(-c3cc4cccnc4n3CC3CC3)n(Cc3cnn(-c4cccnc4O)c3)c12. The fraction of sp³-hybridized carbons (Fsp3) is 0.361. The van der Waals surface area contributed by atoms with E-state index in [2.05, 4.69) is 38.3 Å². The van der Waals surface area contributed by atoms with Crippen LogP contribution in [0.25, 0.3) is 39.3 Å². The van der Waals surface area contributed by atoms with E-state index in [-0.39, 0.29) is 23.4 Å². The summed E-state index contributed by atoms with van der Waals surface area (Å²) in [5.74, 6) is 2.08. The van der Waals surface area contributed by atoms with Gasteiger partial charge < -0.3 is 29.6 Å². The molecule has 3 atom stereocenters. The van der Waals surface area contributed by atoms with Gasteiger partial charge in [0.15, 0.2) is 5.82 Å². The summed E-state index contributed by atoms with van der Waals surface area (Å²) < 4.78 is 12.1. The van der Waals surface area contributed by atoms with E-state index in [1.54, 1.807) is 30.1 Å². The predicted molar refractivity (Wildman–Crippen MR) is 180 cm³/mol. The average Bonchev–Trinajstić information content (AvgIpc) is 3.33. The molecule has 244 valence electrons. The zero-order valence-electron chi connectivity index (χ0n) is 27.0. The Hall–Kier alpha value is -5.23. The molecule has 1 aliphatic heterocycles. The molecule has 1 amide bonds. The Morgan fingerprint density at radius 3 is 2.67 bits per heavy atom. The summed E-state index contributed by atoms with van der Waals surface area (Å²) >= 11 is 0. The lowest BCUT2D eigenvalue weighted by Gasteiger charge is -2.29. The molecule has 2 saturated carbocycles. The number of piperidine rings is 1. The van der Waals surface area contributed by atoms with Gasteiger partial charge >= 0.3 is 0 Å². The van der Waals surface area contributed by atoms with Crippen LogP contribution in [-0.4, -0.2) is 75.0 Å². The molecule has 3 fully saturated rings. The standard InChI is InChI=1S/C36H37N9O3/c1-36(37)25-9-10-30(36)43(20-25)35(47)24-13-26-31(29(15-24)48-2)44(18-22-16-40-45(19-22)27-6-4-12-39-34(27)46)33(41-26)28-14-23-5-3-11-38-32(23)42(28)17-21-7-8-21/h3-6,11-16,19,21,25,30H,7-10,17-18,20,37H2,1-2H3,(H,39,46). The van der Waals surface area contributed by atoms with Crippen molar-refractivity contribution in [1.82, 2.24) is 38.8 Å². The van der Waals surface area contributed by atoms with Crippen molar-refractivity contribution in [2.75, 3.05) is 13.7 Å². The van der Waals surface area contributed by atoms with Crippen molar-refractivity contribution in [2.24, 2.45) is 17.6 Å². The number of ether oxygens (including phenoxy) is 1. The highest BCUT2D eigenvalue weighted by atomic mass is 16.5. The summed E-state index contributed by atoms with van der Waals surface area (Å²) in [4.78, 5) is 30.1. The number of rotatable bonds is 8. The quantitative estimate of drug-likeness (QED) is 0.242. The second kappa shape index (κ2) is 10.6. The fourth-order valence-electron chi connectivity index (χ4n) is 7.99. The Labute approximate surface area is 276 Å². The van der Waals surface area contributed by atoms with Crippen LogP contribution in [0.5, 0.6) is 11.6 Å². The molecule has 6 heterocycles. The van der Waals surface area contributed by atoms with Crippen LogP contribution in [-0.2, 0) is 13.1 Å². The number of nitrogens with zero attached hydrogens (tertiary/aromatic N) is 8. The molecule has 3 unspecified atom stereocenters. The Bertz CT molecular complexity index is 2230. The zero-order chi connectivity index (χ0) is 32.7. The van der Waals surface area contributed by atoms with Gasteiger partial charge in [-0.3, -0.25) is 4.79 Å². The minimum Gasteiger partial charge on any atom is -0.494 e. The van der Waals surface area contributed by atoms with E-state index in [9.17, 15) is 9.90 Å². The van der Waals surface area contributed by atoms with Crippen molar-refractivity contribution >= 4 is 28.0 Å². The number of hydrogen-bond donors (Lipinski definition) is 2. The van der Waals surface area contributed by atoms with Gasteiger partial charge in [-0.25, -0.2) is 19.6 Å². The van der Waals surface area contributed by atoms with Crippen molar-refractivity contribution < 1.29 is 14.6 Å². The molecule has 0 radical (unpaired) electrons. The van der Waals surface area contributed by atoms with Crippen molar-refractivity contribution in [3.63, 3.8) is 0 Å². The maximum absolute atomic E-state index is 14.1. The highest BCUT2D eigenvalue weighted by Crippen LogP contribution is 2.45. The van der Waals surface area contributed by atoms with Gasteiger partial charge in [-0.2, -0.15) is 5.10 Å². The summed E-state index contributed by atoms with van der Waals surface area (Å²) in [6.07, 6.45) is 11.4. The molecule has 2 aliphatic carbocycles. The number of carbonyl (C=O) groups excluding carboxylic acids is 1. The lowest BCUT2D eigenvalue weighted by molar-refractivity contribution is 0.0691. The van der Waals surface area contributed by atoms with Crippen LogP contribution in [0.15, 0.2) is 67.3 Å². The van der Waals surface area contributed by atoms with E-state index in [0.717, 1.165) is 53.0 Å². The average molecular weight is 644 g/mol. The molecule has 9 rings (SSSR count). The van der Waals surface area contributed by atoms with Gasteiger partial charge in [0.2, 0.25) is 5.88 Å². The van der Waals surface area contributed by atoms with Crippen LogP contribution in [0, 0.1) is 11.8 Å². The van der Waals surface area contributed by atoms with Gasteiger partial charge in [0, 0.05) is 53.7 Å². The van der Waals surface area contributed by atoms with Crippen molar-refractivity contribution in [1.29, 1.82) is 0 Å². The number of hydrogen-bond acceptors (Lipinski definition) is 8. The number of aromatic nitrogens is 7. The van der Waals surface area contributed by atoms with Gasteiger partial charge in [0.1, 0.15) is 22.6 Å². The van der Waals surface area contributed by atoms with Gasteiger partial charge in [-0.05, 0) is 86.9 Å². The molecule has 0 spiro atoms. The Morgan fingerprint density at radius 2 is 1.92 bits per heavy atom. The van der Waals surface area contributed by atoms with E-state index in [0.29, 0.717) is 47.4 Å². The number of likely N-dealkylation sites (tertiary alicyclic amines) is 1. The second-order valence-corrected chi connectivity index (χ2v) is 13.8. The van der Waals surface area contributed by atoms with E-state index in [1.165, 1.54) is 19.0 Å². The molecule has 2 bridgehead atoms. The largest absolute Gasteiger partial charge is 0.494 e. The Balaban J connectivity index is 1.20. The van der Waals surface area contributed by atoms with Crippen molar-refractivity contribution in [3.05, 3.63) is 78.4 Å². The molecule has 1 aromatic carbocycles. The van der Waals surface area contributed by atoms with Gasteiger partial charge in [-0.15, -0.1) is 0 Å². The predicted octanol–water partition coefficient (Wildman–Crippen LogP) is 4.76. The molecule has 12 heteroatoms. The van der Waals surface area contributed by atoms with Crippen LogP contribution < -0.4 is 10.5 Å². The van der Waals surface area contributed by atoms with Crippen LogP contribution in [0.4, 0.5) is 0 Å². The zero-order valence-corrected chi connectivity index (χ0v) is 27.0. The third kappa shape index (κ3) is 4.50. The molecule has 5 aromatic heterocycles. The summed E-state index contributed by atoms with van der Waals surface area (Å²) in [5.41, 5.74) is 11.6. The van der Waals surface area contributed by atoms with E-state index in [4.69, 9.17) is 20.4 Å². The number of fused-ring (bicyclic) bond motifs is 4. The smallest absolute Gasteiger partial charge is 0.254 e. The van der Waals surface area contributed by atoms with Crippen molar-refractivity contribution in [3.8, 4) is 28.8 Å². The summed E-state index contributed by atoms with van der Waals surface area (Å²) in [6, 6.07) is 13.5. The Morgan fingerprint density at radius 1 is 1.08 bits per heavy atom. The molecule has 3 aliphatic rings. The molecule has 3 N–H and O–H groups in total. The molecule has 6 aromatic rings. The van der Waals surface area contributed by atoms with E-state index < -0.39 is 0 Å². The lowest BCUT2D eigenvalue weighted by atomic mass is 9.92. The first kappa shape index (κ1) is 29.0. The Kier molecular flexibility index (Phi) is 6.42. The fourth-order valence-corrected chi connectivity index (χ4v) is 7.99. The highest BCUT2D eigenvalue weighted by molar-refractivity contribution is 6.00. The topological polar surface area (TPSA) is 142 Å². The molecule has 12 nitrogen and oxygen atoms in total. The molecule has 1 saturated heterocycles. The van der Waals surface area contributed by atoms with Gasteiger partial charge in [0.05, 0.1) is 37.1 Å². The number of nitrogens with two attached hydrogens (primary N) is 1. The lowest BCUT2D eigenvalue weighted by Crippen LogP contribution is -2.49. The van der Waals surface area contributed by atoms with Gasteiger partial charge in [0.25, 0.3) is 5.91 Å². The number of methoxy groups -OCH3 is 1.